The molecule has 1 saturated heterocycles. The van der Waals surface area contributed by atoms with Gasteiger partial charge in [-0.1, -0.05) is 6.42 Å². The molecule has 2 heterocycles. The maximum atomic E-state index is 12.5. The van der Waals surface area contributed by atoms with Gasteiger partial charge in [0, 0.05) is 44.2 Å². The van der Waals surface area contributed by atoms with Crippen molar-refractivity contribution in [3.63, 3.8) is 0 Å². The number of fused-ring (bicyclic) bond motifs is 1. The monoisotopic (exact) mass is 374 g/mol. The minimum Gasteiger partial charge on any atom is -0.369 e. The molecule has 1 aromatic carbocycles. The maximum Gasteiger partial charge on any atom is 0.261 e. The largest absolute Gasteiger partial charge is 0.369 e. The predicted molar refractivity (Wildman–Crippen MR) is 106 cm³/mol. The summed E-state index contributed by atoms with van der Waals surface area (Å²) >= 11 is 0. The molecule has 7 heteroatoms. The summed E-state index contributed by atoms with van der Waals surface area (Å²) in [4.78, 5) is 19.2. The molecule has 0 spiro atoms. The van der Waals surface area contributed by atoms with E-state index in [2.05, 4.69) is 14.2 Å². The summed E-state index contributed by atoms with van der Waals surface area (Å²) < 4.78 is 16.2. The zero-order valence-electron chi connectivity index (χ0n) is 15.3. The Balaban J connectivity index is 1.46. The highest BCUT2D eigenvalue weighted by Gasteiger charge is 2.26. The summed E-state index contributed by atoms with van der Waals surface area (Å²) in [6.45, 7) is 5.86. The molecule has 1 atom stereocenters. The van der Waals surface area contributed by atoms with Crippen LogP contribution in [0.1, 0.15) is 26.2 Å². The fraction of sp³-hybridized carbons (Fsp3) is 0.579. The minimum atomic E-state index is -0.843. The molecular formula is C19H26N4O2S. The lowest BCUT2D eigenvalue weighted by Crippen LogP contribution is -2.48. The van der Waals surface area contributed by atoms with Crippen LogP contribution in [-0.2, 0) is 17.5 Å². The van der Waals surface area contributed by atoms with Crippen LogP contribution in [0.3, 0.4) is 0 Å². The van der Waals surface area contributed by atoms with Gasteiger partial charge in [-0.05, 0) is 43.9 Å². The fourth-order valence-corrected chi connectivity index (χ4v) is 5.20. The molecule has 6 nitrogen and oxygen atoms in total. The molecule has 1 unspecified atom stereocenters. The average Bonchev–Trinajstić information content (AvgIpc) is 2.65. The van der Waals surface area contributed by atoms with Crippen molar-refractivity contribution < 1.29 is 4.21 Å². The Hall–Kier alpha value is -1.73. The molecule has 2 fully saturated rings. The van der Waals surface area contributed by atoms with Gasteiger partial charge in [-0.3, -0.25) is 9.36 Å². The highest BCUT2D eigenvalue weighted by molar-refractivity contribution is 7.82. The molecule has 2 aliphatic rings. The second kappa shape index (κ2) is 7.48. The lowest BCUT2D eigenvalue weighted by Gasteiger charge is -2.36. The summed E-state index contributed by atoms with van der Waals surface area (Å²) in [5, 5.41) is 0.669. The van der Waals surface area contributed by atoms with E-state index in [1.54, 1.807) is 10.9 Å². The SMILES string of the molecule is CCn1cnc2ccc(N3CCN(S(=O)CC4CCC4)CC3)cc2c1=O. The van der Waals surface area contributed by atoms with Crippen LogP contribution < -0.4 is 10.5 Å². The van der Waals surface area contributed by atoms with E-state index < -0.39 is 11.0 Å². The van der Waals surface area contributed by atoms with E-state index in [0.717, 1.165) is 43.1 Å². The van der Waals surface area contributed by atoms with Gasteiger partial charge in [-0.15, -0.1) is 0 Å². The average molecular weight is 375 g/mol. The minimum absolute atomic E-state index is 0.0135. The number of piperazine rings is 1. The Bertz CT molecular complexity index is 869. The Labute approximate surface area is 156 Å². The Morgan fingerprint density at radius 3 is 2.62 bits per heavy atom. The topological polar surface area (TPSA) is 58.4 Å². The molecule has 1 aromatic heterocycles. The molecule has 1 aliphatic carbocycles. The number of aryl methyl sites for hydroxylation is 1. The van der Waals surface area contributed by atoms with Crippen molar-refractivity contribution in [2.75, 3.05) is 36.8 Å². The first-order valence-electron chi connectivity index (χ1n) is 9.53. The van der Waals surface area contributed by atoms with E-state index >= 15 is 0 Å². The molecule has 1 aliphatic heterocycles. The smallest absolute Gasteiger partial charge is 0.261 e. The Morgan fingerprint density at radius 2 is 1.96 bits per heavy atom. The maximum absolute atomic E-state index is 12.5. The zero-order chi connectivity index (χ0) is 18.1. The summed E-state index contributed by atoms with van der Waals surface area (Å²) in [6.07, 6.45) is 5.39. The molecule has 0 radical (unpaired) electrons. The van der Waals surface area contributed by atoms with Crippen LogP contribution in [0.15, 0.2) is 29.3 Å². The molecule has 140 valence electrons. The standard InChI is InChI=1S/C19H26N4O2S/c1-2-21-14-20-18-7-6-16(12-17(18)19(21)24)22-8-10-23(11-9-22)26(25)13-15-4-3-5-15/h6-7,12,14-15H,2-5,8-11,13H2,1H3. The van der Waals surface area contributed by atoms with E-state index in [1.165, 1.54) is 19.3 Å². The number of benzene rings is 1. The van der Waals surface area contributed by atoms with Gasteiger partial charge in [0.15, 0.2) is 0 Å². The number of aromatic nitrogens is 2. The van der Waals surface area contributed by atoms with Gasteiger partial charge in [0.05, 0.1) is 28.2 Å². The van der Waals surface area contributed by atoms with Crippen molar-refractivity contribution in [2.45, 2.75) is 32.7 Å². The van der Waals surface area contributed by atoms with Crippen LogP contribution in [0, 0.1) is 5.92 Å². The lowest BCUT2D eigenvalue weighted by atomic mass is 9.87. The van der Waals surface area contributed by atoms with E-state index in [-0.39, 0.29) is 5.56 Å². The van der Waals surface area contributed by atoms with Crippen LogP contribution in [0.5, 0.6) is 0 Å². The molecule has 26 heavy (non-hydrogen) atoms. The number of rotatable bonds is 5. The third-order valence-corrected chi connectivity index (χ3v) is 7.34. The number of hydrogen-bond donors (Lipinski definition) is 0. The van der Waals surface area contributed by atoms with Crippen LogP contribution in [0.25, 0.3) is 10.9 Å². The Kier molecular flexibility index (Phi) is 5.09. The van der Waals surface area contributed by atoms with Crippen LogP contribution >= 0.6 is 0 Å². The van der Waals surface area contributed by atoms with Gasteiger partial charge in [0.2, 0.25) is 0 Å². The van der Waals surface area contributed by atoms with Crippen LogP contribution in [-0.4, -0.2) is 50.0 Å². The van der Waals surface area contributed by atoms with Crippen molar-refractivity contribution in [2.24, 2.45) is 5.92 Å². The lowest BCUT2D eigenvalue weighted by molar-refractivity contribution is 0.341. The summed E-state index contributed by atoms with van der Waals surface area (Å²) in [6, 6.07) is 5.91. The van der Waals surface area contributed by atoms with E-state index in [1.807, 2.05) is 25.1 Å². The molecule has 0 bridgehead atoms. The van der Waals surface area contributed by atoms with Crippen molar-refractivity contribution in [1.82, 2.24) is 13.9 Å². The van der Waals surface area contributed by atoms with Gasteiger partial charge < -0.3 is 4.90 Å². The quantitative estimate of drug-likeness (QED) is 0.803. The first-order valence-corrected chi connectivity index (χ1v) is 10.8. The molecule has 4 rings (SSSR count). The summed E-state index contributed by atoms with van der Waals surface area (Å²) in [5.74, 6) is 1.50. The number of nitrogens with zero attached hydrogens (tertiary/aromatic N) is 4. The predicted octanol–water partition coefficient (Wildman–Crippen LogP) is 2.00. The third kappa shape index (κ3) is 3.42. The number of anilines is 1. The van der Waals surface area contributed by atoms with Gasteiger partial charge in [-0.2, -0.15) is 0 Å². The van der Waals surface area contributed by atoms with E-state index in [0.29, 0.717) is 17.8 Å². The summed E-state index contributed by atoms with van der Waals surface area (Å²) in [7, 11) is -0.843. The van der Waals surface area contributed by atoms with Gasteiger partial charge in [-0.25, -0.2) is 13.5 Å². The molecule has 0 N–H and O–H groups in total. The Morgan fingerprint density at radius 1 is 1.19 bits per heavy atom. The van der Waals surface area contributed by atoms with Gasteiger partial charge in [0.1, 0.15) is 0 Å². The normalized spacial score (nSPS) is 20.3. The van der Waals surface area contributed by atoms with Crippen molar-refractivity contribution in [1.29, 1.82) is 0 Å². The molecule has 2 aromatic rings. The first-order chi connectivity index (χ1) is 12.7. The van der Waals surface area contributed by atoms with Gasteiger partial charge >= 0.3 is 0 Å². The highest BCUT2D eigenvalue weighted by atomic mass is 32.2. The highest BCUT2D eigenvalue weighted by Crippen LogP contribution is 2.28. The second-order valence-corrected chi connectivity index (χ2v) is 8.73. The second-order valence-electron chi connectivity index (χ2n) is 7.24. The van der Waals surface area contributed by atoms with Crippen molar-refractivity contribution >= 4 is 27.6 Å². The molecular weight excluding hydrogens is 348 g/mol. The molecule has 0 amide bonds. The fourth-order valence-electron chi connectivity index (χ4n) is 3.69. The van der Waals surface area contributed by atoms with E-state index in [9.17, 15) is 9.00 Å². The zero-order valence-corrected chi connectivity index (χ0v) is 16.1. The van der Waals surface area contributed by atoms with Crippen molar-refractivity contribution in [3.8, 4) is 0 Å². The van der Waals surface area contributed by atoms with Crippen molar-refractivity contribution in [3.05, 3.63) is 34.9 Å². The third-order valence-electron chi connectivity index (χ3n) is 5.64. The van der Waals surface area contributed by atoms with E-state index in [4.69, 9.17) is 0 Å². The van der Waals surface area contributed by atoms with Crippen LogP contribution in [0.2, 0.25) is 0 Å². The number of hydrogen-bond acceptors (Lipinski definition) is 4. The molecule has 1 saturated carbocycles. The first kappa shape index (κ1) is 17.7. The summed E-state index contributed by atoms with van der Waals surface area (Å²) in [5.41, 5.74) is 1.80. The van der Waals surface area contributed by atoms with Crippen LogP contribution in [0.4, 0.5) is 5.69 Å². The van der Waals surface area contributed by atoms with Gasteiger partial charge in [0.25, 0.3) is 5.56 Å².